The van der Waals surface area contributed by atoms with Crippen LogP contribution in [0.5, 0.6) is 0 Å². The first-order valence-corrected chi connectivity index (χ1v) is 6.33. The zero-order valence-electron chi connectivity index (χ0n) is 10.5. The Hall–Kier alpha value is -1.50. The van der Waals surface area contributed by atoms with E-state index in [4.69, 9.17) is 5.11 Å². The van der Waals surface area contributed by atoms with Crippen molar-refractivity contribution in [2.45, 2.75) is 31.6 Å². The molecule has 106 valence electrons. The average molecular weight is 273 g/mol. The number of aromatic nitrogens is 2. The van der Waals surface area contributed by atoms with Crippen molar-refractivity contribution in [3.05, 3.63) is 17.5 Å². The van der Waals surface area contributed by atoms with Crippen LogP contribution in [0.3, 0.4) is 0 Å². The van der Waals surface area contributed by atoms with Gasteiger partial charge in [0.05, 0.1) is 25.3 Å². The van der Waals surface area contributed by atoms with Crippen molar-refractivity contribution in [1.82, 2.24) is 15.1 Å². The lowest BCUT2D eigenvalue weighted by atomic mass is 9.86. The van der Waals surface area contributed by atoms with Crippen LogP contribution in [0.15, 0.2) is 6.20 Å². The first-order chi connectivity index (χ1) is 9.13. The molecule has 7 heteroatoms. The molecule has 2 N–H and O–H groups in total. The number of rotatable bonds is 5. The molecule has 0 spiro atoms. The lowest BCUT2D eigenvalue weighted by molar-refractivity contribution is -0.135. The molecule has 5 nitrogen and oxygen atoms in total. The predicted molar refractivity (Wildman–Crippen MR) is 63.9 cm³/mol. The highest BCUT2D eigenvalue weighted by Gasteiger charge is 2.31. The normalized spacial score (nSPS) is 18.4. The second-order valence-electron chi connectivity index (χ2n) is 4.65. The Morgan fingerprint density at radius 2 is 2.42 bits per heavy atom. The van der Waals surface area contributed by atoms with Crippen LogP contribution >= 0.6 is 0 Å². The van der Waals surface area contributed by atoms with Crippen LogP contribution in [0.1, 0.15) is 30.0 Å². The van der Waals surface area contributed by atoms with Gasteiger partial charge in [0, 0.05) is 17.8 Å². The first kappa shape index (κ1) is 13.9. The lowest BCUT2D eigenvalue weighted by Crippen LogP contribution is -2.40. The molecule has 1 atom stereocenters. The summed E-state index contributed by atoms with van der Waals surface area (Å²) in [6.07, 6.45) is 1.29. The topological polar surface area (TPSA) is 69.2 Å². The van der Waals surface area contributed by atoms with Crippen molar-refractivity contribution in [2.24, 2.45) is 0 Å². The predicted octanol–water partition coefficient (Wildman–Crippen LogP) is 0.916. The van der Waals surface area contributed by atoms with Gasteiger partial charge in [-0.2, -0.15) is 5.10 Å². The fourth-order valence-corrected chi connectivity index (χ4v) is 2.52. The van der Waals surface area contributed by atoms with E-state index < -0.39 is 18.9 Å². The van der Waals surface area contributed by atoms with Gasteiger partial charge in [0.15, 0.2) is 0 Å². The third-order valence-electron chi connectivity index (χ3n) is 3.38. The number of fused-ring (bicyclic) bond motifs is 1. The Labute approximate surface area is 109 Å². The van der Waals surface area contributed by atoms with Crippen molar-refractivity contribution in [2.75, 3.05) is 19.7 Å². The largest absolute Gasteiger partial charge is 0.395 e. The Morgan fingerprint density at radius 1 is 1.63 bits per heavy atom. The fourth-order valence-electron chi connectivity index (χ4n) is 2.52. The van der Waals surface area contributed by atoms with Gasteiger partial charge in [-0.25, -0.2) is 8.78 Å². The highest BCUT2D eigenvalue weighted by molar-refractivity contribution is 5.84. The smallest absolute Gasteiger partial charge is 0.255 e. The van der Waals surface area contributed by atoms with Gasteiger partial charge in [-0.1, -0.05) is 0 Å². The van der Waals surface area contributed by atoms with E-state index in [1.807, 2.05) is 0 Å². The molecule has 0 saturated carbocycles. The number of aromatic amines is 1. The van der Waals surface area contributed by atoms with Crippen LogP contribution in [0.4, 0.5) is 8.78 Å². The molecule has 0 fully saturated rings. The fraction of sp³-hybridized carbons (Fsp3) is 0.667. The molecule has 1 aromatic heterocycles. The second kappa shape index (κ2) is 6.10. The molecule has 1 aromatic rings. The van der Waals surface area contributed by atoms with Crippen LogP contribution in [0.2, 0.25) is 0 Å². The molecule has 1 amide bonds. The number of aryl methyl sites for hydroxylation is 1. The van der Waals surface area contributed by atoms with Gasteiger partial charge in [0.25, 0.3) is 6.43 Å². The van der Waals surface area contributed by atoms with Crippen LogP contribution < -0.4 is 0 Å². The molecule has 0 aliphatic heterocycles. The summed E-state index contributed by atoms with van der Waals surface area (Å²) in [6.45, 7) is -1.01. The van der Waals surface area contributed by atoms with Crippen LogP contribution in [-0.4, -0.2) is 52.2 Å². The molecule has 1 unspecified atom stereocenters. The van der Waals surface area contributed by atoms with E-state index in [1.165, 1.54) is 0 Å². The third kappa shape index (κ3) is 3.09. The monoisotopic (exact) mass is 273 g/mol. The Kier molecular flexibility index (Phi) is 4.47. The van der Waals surface area contributed by atoms with Crippen LogP contribution in [0.25, 0.3) is 0 Å². The standard InChI is InChI=1S/C12H17F2N3O2/c13-11(14)7-17(4-5-18)12(19)8-2-1-3-10-9(8)6-15-16-10/h6,8,11,18H,1-5,7H2,(H,15,16). The molecular formula is C12H17F2N3O2. The molecule has 19 heavy (non-hydrogen) atoms. The van der Waals surface area contributed by atoms with Crippen molar-refractivity contribution in [1.29, 1.82) is 0 Å². The number of aliphatic hydroxyl groups excluding tert-OH is 1. The Morgan fingerprint density at radius 3 is 3.11 bits per heavy atom. The van der Waals surface area contributed by atoms with E-state index in [-0.39, 0.29) is 19.1 Å². The Balaban J connectivity index is 2.14. The summed E-state index contributed by atoms with van der Waals surface area (Å²) >= 11 is 0. The number of amides is 1. The minimum Gasteiger partial charge on any atom is -0.395 e. The number of hydrogen-bond donors (Lipinski definition) is 2. The van der Waals surface area contributed by atoms with E-state index in [1.54, 1.807) is 6.20 Å². The van der Waals surface area contributed by atoms with E-state index in [0.29, 0.717) is 6.42 Å². The summed E-state index contributed by atoms with van der Waals surface area (Å²) in [4.78, 5) is 13.4. The first-order valence-electron chi connectivity index (χ1n) is 6.33. The maximum atomic E-state index is 12.5. The number of nitrogens with one attached hydrogen (secondary N) is 1. The quantitative estimate of drug-likeness (QED) is 0.838. The summed E-state index contributed by atoms with van der Waals surface area (Å²) in [7, 11) is 0. The van der Waals surface area contributed by atoms with Gasteiger partial charge in [-0.15, -0.1) is 0 Å². The number of aliphatic hydroxyl groups is 1. The second-order valence-corrected chi connectivity index (χ2v) is 4.65. The van der Waals surface area contributed by atoms with Gasteiger partial charge in [-0.05, 0) is 19.3 Å². The van der Waals surface area contributed by atoms with Gasteiger partial charge in [-0.3, -0.25) is 9.89 Å². The van der Waals surface area contributed by atoms with E-state index in [9.17, 15) is 13.6 Å². The molecule has 2 rings (SSSR count). The maximum absolute atomic E-state index is 12.5. The molecule has 0 saturated heterocycles. The molecule has 0 bridgehead atoms. The summed E-state index contributed by atoms with van der Waals surface area (Å²) in [5.74, 6) is -0.774. The number of alkyl halides is 2. The van der Waals surface area contributed by atoms with Crippen LogP contribution in [0, 0.1) is 0 Å². The highest BCUT2D eigenvalue weighted by Crippen LogP contribution is 2.31. The number of carbonyl (C=O) groups is 1. The van der Waals surface area contributed by atoms with E-state index in [0.717, 1.165) is 29.0 Å². The van der Waals surface area contributed by atoms with Crippen molar-refractivity contribution in [3.63, 3.8) is 0 Å². The number of carbonyl (C=O) groups excluding carboxylic acids is 1. The Bertz CT molecular complexity index is 436. The van der Waals surface area contributed by atoms with Gasteiger partial charge in [0.1, 0.15) is 0 Å². The number of nitrogens with zero attached hydrogens (tertiary/aromatic N) is 2. The zero-order valence-corrected chi connectivity index (χ0v) is 10.5. The lowest BCUT2D eigenvalue weighted by Gasteiger charge is -2.28. The van der Waals surface area contributed by atoms with E-state index in [2.05, 4.69) is 10.2 Å². The van der Waals surface area contributed by atoms with Crippen molar-refractivity contribution < 1.29 is 18.7 Å². The summed E-state index contributed by atoms with van der Waals surface area (Å²) in [5.41, 5.74) is 1.71. The highest BCUT2D eigenvalue weighted by atomic mass is 19.3. The average Bonchev–Trinajstić information content (AvgIpc) is 2.85. The maximum Gasteiger partial charge on any atom is 0.255 e. The molecular weight excluding hydrogens is 256 g/mol. The summed E-state index contributed by atoms with van der Waals surface area (Å²) in [6, 6.07) is 0. The van der Waals surface area contributed by atoms with Gasteiger partial charge in [0.2, 0.25) is 5.91 Å². The van der Waals surface area contributed by atoms with Crippen LogP contribution in [-0.2, 0) is 11.2 Å². The third-order valence-corrected chi connectivity index (χ3v) is 3.38. The zero-order chi connectivity index (χ0) is 13.8. The molecule has 1 heterocycles. The van der Waals surface area contributed by atoms with Crippen molar-refractivity contribution >= 4 is 5.91 Å². The molecule has 1 aliphatic carbocycles. The minimum absolute atomic E-state index is 0.0626. The molecule has 0 aromatic carbocycles. The minimum atomic E-state index is -2.59. The summed E-state index contributed by atoms with van der Waals surface area (Å²) < 4.78 is 25.0. The SMILES string of the molecule is O=C(C1CCCc2[nH]ncc21)N(CCO)CC(F)F. The molecule has 0 radical (unpaired) electrons. The summed E-state index contributed by atoms with van der Waals surface area (Å²) in [5, 5.41) is 15.6. The number of halogens is 2. The van der Waals surface area contributed by atoms with Crippen molar-refractivity contribution in [3.8, 4) is 0 Å². The molecule has 1 aliphatic rings. The van der Waals surface area contributed by atoms with Gasteiger partial charge >= 0.3 is 0 Å². The number of H-pyrrole nitrogens is 1. The van der Waals surface area contributed by atoms with Gasteiger partial charge < -0.3 is 10.0 Å². The van der Waals surface area contributed by atoms with E-state index >= 15 is 0 Å². The number of hydrogen-bond acceptors (Lipinski definition) is 3.